The summed E-state index contributed by atoms with van der Waals surface area (Å²) in [5, 5.41) is 6.78. The van der Waals surface area contributed by atoms with Crippen LogP contribution < -0.4 is 10.6 Å². The van der Waals surface area contributed by atoms with Gasteiger partial charge in [0, 0.05) is 12.6 Å². The fourth-order valence-corrected chi connectivity index (χ4v) is 3.67. The molecule has 1 aliphatic rings. The van der Waals surface area contributed by atoms with Gasteiger partial charge in [0.25, 0.3) is 6.01 Å². The quantitative estimate of drug-likeness (QED) is 0.545. The van der Waals surface area contributed by atoms with Crippen LogP contribution in [0.2, 0.25) is 0 Å². The Labute approximate surface area is 151 Å². The average Bonchev–Trinajstić information content (AvgIpc) is 3.27. The first-order valence-electron chi connectivity index (χ1n) is 10.2. The van der Waals surface area contributed by atoms with Gasteiger partial charge in [0.05, 0.1) is 0 Å². The van der Waals surface area contributed by atoms with Crippen molar-refractivity contribution in [1.82, 2.24) is 10.3 Å². The summed E-state index contributed by atoms with van der Waals surface area (Å²) in [5.41, 5.74) is 3.27. The van der Waals surface area contributed by atoms with E-state index in [1.807, 2.05) is 6.07 Å². The van der Waals surface area contributed by atoms with E-state index >= 15 is 0 Å². The lowest BCUT2D eigenvalue weighted by Gasteiger charge is -2.07. The molecule has 0 radical (unpaired) electrons. The van der Waals surface area contributed by atoms with E-state index in [-0.39, 0.29) is 0 Å². The predicted octanol–water partition coefficient (Wildman–Crippen LogP) is 5.28. The van der Waals surface area contributed by atoms with Crippen LogP contribution in [0.4, 0.5) is 6.01 Å². The number of benzene rings is 1. The summed E-state index contributed by atoms with van der Waals surface area (Å²) in [6.07, 6.45) is 13.1. The first-order valence-corrected chi connectivity index (χ1v) is 10.2. The molecular weight excluding hydrogens is 310 g/mol. The number of nitrogens with zero attached hydrogens (tertiary/aromatic N) is 1. The van der Waals surface area contributed by atoms with Gasteiger partial charge >= 0.3 is 0 Å². The molecule has 0 bridgehead atoms. The molecule has 2 heterocycles. The Kier molecular flexibility index (Phi) is 7.16. The van der Waals surface area contributed by atoms with E-state index in [2.05, 4.69) is 29.7 Å². The molecule has 3 rings (SSSR count). The van der Waals surface area contributed by atoms with Crippen molar-refractivity contribution in [1.29, 1.82) is 0 Å². The molecule has 1 atom stereocenters. The lowest BCUT2D eigenvalue weighted by molar-refractivity contribution is 0.576. The number of hydrogen-bond donors (Lipinski definition) is 2. The first kappa shape index (κ1) is 18.2. The van der Waals surface area contributed by atoms with Crippen molar-refractivity contribution in [2.45, 2.75) is 77.2 Å². The van der Waals surface area contributed by atoms with Crippen LogP contribution in [0.25, 0.3) is 11.1 Å². The maximum Gasteiger partial charge on any atom is 0.295 e. The van der Waals surface area contributed by atoms with E-state index in [0.717, 1.165) is 37.0 Å². The highest BCUT2D eigenvalue weighted by molar-refractivity contribution is 5.78. The second-order valence-electron chi connectivity index (χ2n) is 7.34. The van der Waals surface area contributed by atoms with Crippen molar-refractivity contribution >= 4 is 17.1 Å². The Morgan fingerprint density at radius 3 is 2.68 bits per heavy atom. The van der Waals surface area contributed by atoms with E-state index in [9.17, 15) is 0 Å². The summed E-state index contributed by atoms with van der Waals surface area (Å²) in [4.78, 5) is 4.72. The number of oxazole rings is 1. The van der Waals surface area contributed by atoms with Crippen molar-refractivity contribution in [3.05, 3.63) is 23.8 Å². The van der Waals surface area contributed by atoms with Crippen LogP contribution in [-0.4, -0.2) is 24.1 Å². The molecular formula is C21H33N3O. The number of nitrogens with one attached hydrogen (secondary N) is 2. The van der Waals surface area contributed by atoms with Crippen LogP contribution in [-0.2, 0) is 6.42 Å². The van der Waals surface area contributed by atoms with E-state index in [4.69, 9.17) is 9.40 Å². The van der Waals surface area contributed by atoms with Gasteiger partial charge in [-0.3, -0.25) is 0 Å². The predicted molar refractivity (Wildman–Crippen MR) is 105 cm³/mol. The van der Waals surface area contributed by atoms with Gasteiger partial charge in [0.15, 0.2) is 5.58 Å². The Hall–Kier alpha value is -1.55. The van der Waals surface area contributed by atoms with E-state index < -0.39 is 0 Å². The fraction of sp³-hybridized carbons (Fsp3) is 0.667. The van der Waals surface area contributed by atoms with Crippen molar-refractivity contribution < 1.29 is 4.42 Å². The zero-order chi connectivity index (χ0) is 17.3. The monoisotopic (exact) mass is 343 g/mol. The van der Waals surface area contributed by atoms with Crippen LogP contribution in [0.5, 0.6) is 0 Å². The van der Waals surface area contributed by atoms with Crippen molar-refractivity contribution in [2.75, 3.05) is 18.4 Å². The zero-order valence-corrected chi connectivity index (χ0v) is 15.7. The molecule has 0 unspecified atom stereocenters. The molecule has 1 aromatic heterocycles. The second kappa shape index (κ2) is 9.81. The molecule has 2 N–H and O–H groups in total. The van der Waals surface area contributed by atoms with E-state index in [1.54, 1.807) is 0 Å². The number of hydrogen-bond acceptors (Lipinski definition) is 4. The minimum Gasteiger partial charge on any atom is -0.424 e. The molecule has 1 fully saturated rings. The third-order valence-electron chi connectivity index (χ3n) is 5.19. The molecule has 4 heteroatoms. The Bertz CT molecular complexity index is 631. The molecule has 1 saturated heterocycles. The van der Waals surface area contributed by atoms with Gasteiger partial charge < -0.3 is 15.1 Å². The molecule has 0 aliphatic carbocycles. The Morgan fingerprint density at radius 1 is 1.12 bits per heavy atom. The standard InChI is InChI=1S/C21H33N3O/c1-2-3-4-5-6-7-8-9-11-17-12-10-13-19-20(17)24-21(25-19)23-18-14-15-22-16-18/h10,12-13,18,22H,2-9,11,14-16H2,1H3,(H,23,24)/t18-/m0/s1. The third kappa shape index (κ3) is 5.46. The van der Waals surface area contributed by atoms with Crippen LogP contribution in [0.15, 0.2) is 22.6 Å². The van der Waals surface area contributed by atoms with Crippen molar-refractivity contribution in [2.24, 2.45) is 0 Å². The number of rotatable bonds is 11. The SMILES string of the molecule is CCCCCCCCCCc1cccc2oc(N[C@H]3CCNC3)nc12. The summed E-state index contributed by atoms with van der Waals surface area (Å²) in [5.74, 6) is 0. The smallest absolute Gasteiger partial charge is 0.295 e. The summed E-state index contributed by atoms with van der Waals surface area (Å²) in [6, 6.07) is 7.43. The largest absolute Gasteiger partial charge is 0.424 e. The summed E-state index contributed by atoms with van der Waals surface area (Å²) >= 11 is 0. The molecule has 2 aromatic rings. The first-order chi connectivity index (χ1) is 12.4. The van der Waals surface area contributed by atoms with Gasteiger partial charge in [0.1, 0.15) is 5.52 Å². The average molecular weight is 344 g/mol. The number of fused-ring (bicyclic) bond motifs is 1. The van der Waals surface area contributed by atoms with Crippen LogP contribution in [0, 0.1) is 0 Å². The van der Waals surface area contributed by atoms with E-state index in [0.29, 0.717) is 12.1 Å². The van der Waals surface area contributed by atoms with Gasteiger partial charge in [-0.25, -0.2) is 0 Å². The van der Waals surface area contributed by atoms with Gasteiger partial charge in [0.2, 0.25) is 0 Å². The Balaban J connectivity index is 1.47. The number of para-hydroxylation sites is 1. The maximum atomic E-state index is 5.90. The number of aromatic nitrogens is 1. The number of anilines is 1. The van der Waals surface area contributed by atoms with Crippen LogP contribution >= 0.6 is 0 Å². The second-order valence-corrected chi connectivity index (χ2v) is 7.34. The third-order valence-corrected chi connectivity index (χ3v) is 5.19. The van der Waals surface area contributed by atoms with Gasteiger partial charge in [-0.2, -0.15) is 4.98 Å². The van der Waals surface area contributed by atoms with Crippen molar-refractivity contribution in [3.63, 3.8) is 0 Å². The maximum absolute atomic E-state index is 5.90. The number of aryl methyl sites for hydroxylation is 1. The summed E-state index contributed by atoms with van der Waals surface area (Å²) in [7, 11) is 0. The minimum absolute atomic E-state index is 0.434. The fourth-order valence-electron chi connectivity index (χ4n) is 3.67. The summed E-state index contributed by atoms with van der Waals surface area (Å²) < 4.78 is 5.90. The summed E-state index contributed by atoms with van der Waals surface area (Å²) in [6.45, 7) is 4.33. The lowest BCUT2D eigenvalue weighted by Crippen LogP contribution is -2.22. The van der Waals surface area contributed by atoms with Crippen LogP contribution in [0.3, 0.4) is 0 Å². The highest BCUT2D eigenvalue weighted by Crippen LogP contribution is 2.24. The van der Waals surface area contributed by atoms with Gasteiger partial charge in [-0.15, -0.1) is 0 Å². The van der Waals surface area contributed by atoms with Gasteiger partial charge in [-0.1, -0.05) is 64.0 Å². The molecule has 1 aromatic carbocycles. The molecule has 25 heavy (non-hydrogen) atoms. The van der Waals surface area contributed by atoms with Crippen LogP contribution in [0.1, 0.15) is 70.3 Å². The van der Waals surface area contributed by atoms with Gasteiger partial charge in [-0.05, 0) is 37.4 Å². The Morgan fingerprint density at radius 2 is 1.92 bits per heavy atom. The highest BCUT2D eigenvalue weighted by atomic mass is 16.4. The van der Waals surface area contributed by atoms with E-state index in [1.165, 1.54) is 56.9 Å². The molecule has 4 nitrogen and oxygen atoms in total. The minimum atomic E-state index is 0.434. The molecule has 138 valence electrons. The topological polar surface area (TPSA) is 50.1 Å². The van der Waals surface area contributed by atoms with Crippen molar-refractivity contribution in [3.8, 4) is 0 Å². The molecule has 0 amide bonds. The molecule has 0 saturated carbocycles. The number of unbranched alkanes of at least 4 members (excludes halogenated alkanes) is 7. The molecule has 0 spiro atoms. The lowest BCUT2D eigenvalue weighted by atomic mass is 10.0. The zero-order valence-electron chi connectivity index (χ0n) is 15.7. The normalized spacial score (nSPS) is 17.4. The molecule has 1 aliphatic heterocycles. The highest BCUT2D eigenvalue weighted by Gasteiger charge is 2.17.